The first kappa shape index (κ1) is 7.06. The highest BCUT2D eigenvalue weighted by atomic mass is 14.7. The van der Waals surface area contributed by atoms with Crippen LogP contribution in [0.3, 0.4) is 0 Å². The van der Waals surface area contributed by atoms with Crippen molar-refractivity contribution in [2.45, 2.75) is 13.8 Å². The third-order valence-electron chi connectivity index (χ3n) is 1.71. The van der Waals surface area contributed by atoms with E-state index in [0.717, 1.165) is 0 Å². The Morgan fingerprint density at radius 2 is 2.20 bits per heavy atom. The molecule has 0 aliphatic rings. The molecule has 0 spiro atoms. The van der Waals surface area contributed by atoms with E-state index in [1.807, 2.05) is 12.4 Å². The van der Waals surface area contributed by atoms with Gasteiger partial charge in [-0.3, -0.25) is 4.99 Å². The van der Waals surface area contributed by atoms with Crippen molar-refractivity contribution in [2.24, 2.45) is 4.99 Å². The highest BCUT2D eigenvalue weighted by Crippen LogP contribution is 2.08. The molecule has 0 aromatic carbocycles. The summed E-state index contributed by atoms with van der Waals surface area (Å²) in [6.45, 7) is 4.14. The van der Waals surface area contributed by atoms with E-state index in [9.17, 15) is 0 Å². The molecule has 0 amide bonds. The maximum atomic E-state index is 3.94. The first-order valence-electron chi connectivity index (χ1n) is 3.32. The summed E-state index contributed by atoms with van der Waals surface area (Å²) in [6.07, 6.45) is 3.83. The van der Waals surface area contributed by atoms with E-state index in [1.54, 1.807) is 7.05 Å². The van der Waals surface area contributed by atoms with E-state index in [1.165, 1.54) is 16.8 Å². The molecule has 0 radical (unpaired) electrons. The van der Waals surface area contributed by atoms with Crippen molar-refractivity contribution in [3.05, 3.63) is 23.0 Å². The Morgan fingerprint density at radius 3 is 2.60 bits per heavy atom. The maximum Gasteiger partial charge on any atom is 0.0299 e. The molecule has 0 bridgehead atoms. The zero-order valence-corrected chi connectivity index (χ0v) is 6.60. The number of aliphatic imine (C=N–C) groups is 1. The predicted molar refractivity (Wildman–Crippen MR) is 43.8 cm³/mol. The van der Waals surface area contributed by atoms with Crippen molar-refractivity contribution >= 4 is 6.21 Å². The predicted octanol–water partition coefficient (Wildman–Crippen LogP) is 1.68. The van der Waals surface area contributed by atoms with Crippen LogP contribution in [0.15, 0.2) is 11.2 Å². The maximum absolute atomic E-state index is 3.94. The summed E-state index contributed by atoms with van der Waals surface area (Å²) in [5.74, 6) is 0. The van der Waals surface area contributed by atoms with E-state index >= 15 is 0 Å². The Kier molecular flexibility index (Phi) is 1.90. The number of nitrogens with one attached hydrogen (secondary N) is 1. The van der Waals surface area contributed by atoms with Crippen molar-refractivity contribution in [2.75, 3.05) is 7.05 Å². The normalized spacial score (nSPS) is 11.1. The Labute approximate surface area is 61.0 Å². The molecular weight excluding hydrogens is 124 g/mol. The highest BCUT2D eigenvalue weighted by Gasteiger charge is 1.98. The summed E-state index contributed by atoms with van der Waals surface area (Å²) in [7, 11) is 1.78. The summed E-state index contributed by atoms with van der Waals surface area (Å²) in [4.78, 5) is 7.07. The molecule has 0 aliphatic carbocycles. The second-order valence-electron chi connectivity index (χ2n) is 2.38. The molecule has 0 atom stereocenters. The molecule has 1 heterocycles. The monoisotopic (exact) mass is 136 g/mol. The minimum absolute atomic E-state index is 1.18. The molecule has 1 aromatic heterocycles. The molecule has 0 saturated carbocycles. The molecule has 0 fully saturated rings. The van der Waals surface area contributed by atoms with Crippen LogP contribution in [-0.2, 0) is 0 Å². The Bertz CT molecular complexity index is 246. The first-order chi connectivity index (χ1) is 4.75. The molecule has 1 aromatic rings. The van der Waals surface area contributed by atoms with Gasteiger partial charge in [0.05, 0.1) is 0 Å². The fourth-order valence-electron chi connectivity index (χ4n) is 0.892. The van der Waals surface area contributed by atoms with Gasteiger partial charge in [0.1, 0.15) is 0 Å². The molecule has 2 nitrogen and oxygen atoms in total. The van der Waals surface area contributed by atoms with Gasteiger partial charge in [0.2, 0.25) is 0 Å². The lowest BCUT2D eigenvalue weighted by atomic mass is 10.2. The molecule has 1 N–H and O–H groups in total. The lowest BCUT2D eigenvalue weighted by molar-refractivity contribution is 1.23. The Hall–Kier alpha value is -1.05. The molecule has 10 heavy (non-hydrogen) atoms. The van der Waals surface area contributed by atoms with Gasteiger partial charge < -0.3 is 4.98 Å². The van der Waals surface area contributed by atoms with Crippen molar-refractivity contribution in [1.29, 1.82) is 0 Å². The van der Waals surface area contributed by atoms with E-state index in [4.69, 9.17) is 0 Å². The fourth-order valence-corrected chi connectivity index (χ4v) is 0.892. The molecule has 0 aliphatic heterocycles. The van der Waals surface area contributed by atoms with Gasteiger partial charge in [0, 0.05) is 30.7 Å². The van der Waals surface area contributed by atoms with Crippen LogP contribution in [0.1, 0.15) is 16.8 Å². The number of aromatic amines is 1. The average molecular weight is 136 g/mol. The summed E-state index contributed by atoms with van der Waals surface area (Å²) >= 11 is 0. The van der Waals surface area contributed by atoms with Crippen LogP contribution in [0.4, 0.5) is 0 Å². The largest absolute Gasteiger partial charge is 0.364 e. The van der Waals surface area contributed by atoms with Gasteiger partial charge in [-0.05, 0) is 19.4 Å². The minimum atomic E-state index is 1.18. The van der Waals surface area contributed by atoms with Crippen molar-refractivity contribution in [3.8, 4) is 0 Å². The van der Waals surface area contributed by atoms with Crippen molar-refractivity contribution < 1.29 is 0 Å². The average Bonchev–Trinajstić information content (AvgIpc) is 2.20. The summed E-state index contributed by atoms with van der Waals surface area (Å²) < 4.78 is 0. The lowest BCUT2D eigenvalue weighted by Crippen LogP contribution is -1.80. The lowest BCUT2D eigenvalue weighted by Gasteiger charge is -1.88. The van der Waals surface area contributed by atoms with Crippen LogP contribution in [0, 0.1) is 13.8 Å². The molecule has 1 rings (SSSR count). The zero-order valence-electron chi connectivity index (χ0n) is 6.60. The van der Waals surface area contributed by atoms with Gasteiger partial charge in [-0.25, -0.2) is 0 Å². The Balaban J connectivity index is 3.05. The van der Waals surface area contributed by atoms with E-state index in [-0.39, 0.29) is 0 Å². The molecular formula is C8H12N2. The second-order valence-corrected chi connectivity index (χ2v) is 2.38. The minimum Gasteiger partial charge on any atom is -0.364 e. The Morgan fingerprint density at radius 1 is 1.50 bits per heavy atom. The number of aryl methyl sites for hydroxylation is 1. The molecule has 0 unspecified atom stereocenters. The van der Waals surface area contributed by atoms with Crippen molar-refractivity contribution in [3.63, 3.8) is 0 Å². The van der Waals surface area contributed by atoms with Crippen molar-refractivity contribution in [1.82, 2.24) is 4.98 Å². The number of nitrogens with zero attached hydrogens (tertiary/aromatic N) is 1. The van der Waals surface area contributed by atoms with Gasteiger partial charge in [0.25, 0.3) is 0 Å². The smallest absolute Gasteiger partial charge is 0.0299 e. The summed E-state index contributed by atoms with van der Waals surface area (Å²) in [5.41, 5.74) is 3.68. The number of aromatic nitrogens is 1. The van der Waals surface area contributed by atoms with Crippen LogP contribution in [0.2, 0.25) is 0 Å². The fraction of sp³-hybridized carbons (Fsp3) is 0.375. The molecule has 0 saturated heterocycles. The molecule has 54 valence electrons. The SMILES string of the molecule is CN=Cc1c[nH]c(C)c1C. The standard InChI is InChI=1S/C8H12N2/c1-6-7(2)10-5-8(6)4-9-3/h4-5,10H,1-3H3. The number of H-pyrrole nitrogens is 1. The van der Waals surface area contributed by atoms with Gasteiger partial charge in [-0.1, -0.05) is 0 Å². The van der Waals surface area contributed by atoms with E-state index in [0.29, 0.717) is 0 Å². The second kappa shape index (κ2) is 2.69. The van der Waals surface area contributed by atoms with E-state index in [2.05, 4.69) is 23.8 Å². The molecule has 2 heteroatoms. The van der Waals surface area contributed by atoms with Crippen LogP contribution < -0.4 is 0 Å². The summed E-state index contributed by atoms with van der Waals surface area (Å²) in [6, 6.07) is 0. The topological polar surface area (TPSA) is 28.1 Å². The third-order valence-corrected chi connectivity index (χ3v) is 1.71. The number of hydrogen-bond donors (Lipinski definition) is 1. The highest BCUT2D eigenvalue weighted by molar-refractivity contribution is 5.81. The van der Waals surface area contributed by atoms with Gasteiger partial charge >= 0.3 is 0 Å². The van der Waals surface area contributed by atoms with Crippen LogP contribution in [0.25, 0.3) is 0 Å². The van der Waals surface area contributed by atoms with Crippen LogP contribution in [0.5, 0.6) is 0 Å². The van der Waals surface area contributed by atoms with Gasteiger partial charge in [-0.2, -0.15) is 0 Å². The van der Waals surface area contributed by atoms with Crippen LogP contribution >= 0.6 is 0 Å². The first-order valence-corrected chi connectivity index (χ1v) is 3.32. The van der Waals surface area contributed by atoms with Crippen LogP contribution in [-0.4, -0.2) is 18.2 Å². The quantitative estimate of drug-likeness (QED) is 0.569. The van der Waals surface area contributed by atoms with Gasteiger partial charge in [0.15, 0.2) is 0 Å². The van der Waals surface area contributed by atoms with E-state index < -0.39 is 0 Å². The number of rotatable bonds is 1. The third kappa shape index (κ3) is 1.10. The zero-order chi connectivity index (χ0) is 7.56. The summed E-state index contributed by atoms with van der Waals surface area (Å²) in [5, 5.41) is 0. The van der Waals surface area contributed by atoms with Gasteiger partial charge in [-0.15, -0.1) is 0 Å². The number of hydrogen-bond acceptors (Lipinski definition) is 1.